The van der Waals surface area contributed by atoms with Gasteiger partial charge in [-0.25, -0.2) is 4.39 Å². The molecule has 1 atom stereocenters. The Balaban J connectivity index is 2.38. The standard InChI is InChI=1S/C13H19FO3/c1-10-7-11(9-12(14)8-10)13(15)3-4-17-6-5-16-2/h7-9,13,15H,3-6H2,1-2H3. The van der Waals surface area contributed by atoms with Gasteiger partial charge in [-0.1, -0.05) is 6.07 Å². The Morgan fingerprint density at radius 1 is 1.24 bits per heavy atom. The number of hydrogen-bond acceptors (Lipinski definition) is 3. The number of ether oxygens (including phenoxy) is 2. The summed E-state index contributed by atoms with van der Waals surface area (Å²) in [6.45, 7) is 3.27. The molecule has 17 heavy (non-hydrogen) atoms. The Hall–Kier alpha value is -0.970. The number of methoxy groups -OCH3 is 1. The van der Waals surface area contributed by atoms with E-state index in [0.29, 0.717) is 31.8 Å². The molecule has 0 saturated heterocycles. The molecule has 0 aliphatic heterocycles. The Morgan fingerprint density at radius 3 is 2.65 bits per heavy atom. The van der Waals surface area contributed by atoms with Crippen LogP contribution in [0.15, 0.2) is 18.2 Å². The van der Waals surface area contributed by atoms with E-state index in [1.54, 1.807) is 20.1 Å². The monoisotopic (exact) mass is 242 g/mol. The lowest BCUT2D eigenvalue weighted by Crippen LogP contribution is -2.07. The highest BCUT2D eigenvalue weighted by Crippen LogP contribution is 2.19. The van der Waals surface area contributed by atoms with Crippen molar-refractivity contribution in [3.63, 3.8) is 0 Å². The molecule has 0 radical (unpaired) electrons. The fourth-order valence-corrected chi connectivity index (χ4v) is 1.56. The minimum Gasteiger partial charge on any atom is -0.388 e. The van der Waals surface area contributed by atoms with Gasteiger partial charge in [-0.15, -0.1) is 0 Å². The SMILES string of the molecule is COCCOCCC(O)c1cc(C)cc(F)c1. The molecule has 0 heterocycles. The van der Waals surface area contributed by atoms with Crippen molar-refractivity contribution in [2.75, 3.05) is 26.9 Å². The van der Waals surface area contributed by atoms with Crippen molar-refractivity contribution >= 4 is 0 Å². The van der Waals surface area contributed by atoms with E-state index in [2.05, 4.69) is 0 Å². The van der Waals surface area contributed by atoms with Crippen molar-refractivity contribution in [3.8, 4) is 0 Å². The first-order valence-electron chi connectivity index (χ1n) is 5.65. The van der Waals surface area contributed by atoms with Gasteiger partial charge in [0.2, 0.25) is 0 Å². The van der Waals surface area contributed by atoms with Crippen LogP contribution in [0.25, 0.3) is 0 Å². The smallest absolute Gasteiger partial charge is 0.123 e. The van der Waals surface area contributed by atoms with Crippen molar-refractivity contribution in [1.82, 2.24) is 0 Å². The third-order valence-corrected chi connectivity index (χ3v) is 2.42. The molecule has 96 valence electrons. The van der Waals surface area contributed by atoms with Crippen LogP contribution in [0, 0.1) is 12.7 Å². The summed E-state index contributed by atoms with van der Waals surface area (Å²) in [6, 6.07) is 4.57. The maximum Gasteiger partial charge on any atom is 0.123 e. The maximum absolute atomic E-state index is 13.1. The molecule has 3 nitrogen and oxygen atoms in total. The highest BCUT2D eigenvalue weighted by atomic mass is 19.1. The molecule has 0 saturated carbocycles. The van der Waals surface area contributed by atoms with Gasteiger partial charge in [0.25, 0.3) is 0 Å². The highest BCUT2D eigenvalue weighted by Gasteiger charge is 2.09. The third-order valence-electron chi connectivity index (χ3n) is 2.42. The van der Waals surface area contributed by atoms with E-state index in [1.807, 2.05) is 0 Å². The summed E-state index contributed by atoms with van der Waals surface area (Å²) < 4.78 is 23.2. The number of aliphatic hydroxyl groups excluding tert-OH is 1. The summed E-state index contributed by atoms with van der Waals surface area (Å²) >= 11 is 0. The van der Waals surface area contributed by atoms with Gasteiger partial charge < -0.3 is 14.6 Å². The second kappa shape index (κ2) is 7.37. The predicted octanol–water partition coefficient (Wildman–Crippen LogP) is 2.22. The van der Waals surface area contributed by atoms with Crippen molar-refractivity contribution in [3.05, 3.63) is 35.1 Å². The maximum atomic E-state index is 13.1. The number of aryl methyl sites for hydroxylation is 1. The number of hydrogen-bond donors (Lipinski definition) is 1. The molecule has 0 aliphatic rings. The predicted molar refractivity (Wildman–Crippen MR) is 63.4 cm³/mol. The van der Waals surface area contributed by atoms with Gasteiger partial charge in [-0.3, -0.25) is 0 Å². The zero-order valence-corrected chi connectivity index (χ0v) is 10.3. The van der Waals surface area contributed by atoms with Gasteiger partial charge in [-0.2, -0.15) is 0 Å². The Labute approximate surface area is 101 Å². The molecular formula is C13H19FO3. The van der Waals surface area contributed by atoms with E-state index < -0.39 is 6.10 Å². The molecule has 0 aromatic heterocycles. The van der Waals surface area contributed by atoms with E-state index in [-0.39, 0.29) is 5.82 Å². The third kappa shape index (κ3) is 5.26. The fourth-order valence-electron chi connectivity index (χ4n) is 1.56. The molecule has 1 aromatic rings. The van der Waals surface area contributed by atoms with Crippen molar-refractivity contribution in [2.24, 2.45) is 0 Å². The van der Waals surface area contributed by atoms with Crippen LogP contribution in [0.2, 0.25) is 0 Å². The molecule has 1 N–H and O–H groups in total. The normalized spacial score (nSPS) is 12.7. The molecule has 1 unspecified atom stereocenters. The van der Waals surface area contributed by atoms with Crippen LogP contribution in [-0.2, 0) is 9.47 Å². The minimum absolute atomic E-state index is 0.320. The summed E-state index contributed by atoms with van der Waals surface area (Å²) in [6.07, 6.45) is -0.237. The van der Waals surface area contributed by atoms with Gasteiger partial charge in [0.1, 0.15) is 5.82 Å². The van der Waals surface area contributed by atoms with Crippen LogP contribution in [0.5, 0.6) is 0 Å². The average molecular weight is 242 g/mol. The Bertz CT molecular complexity index is 321. The van der Waals surface area contributed by atoms with Crippen LogP contribution in [0.4, 0.5) is 4.39 Å². The van der Waals surface area contributed by atoms with E-state index in [1.165, 1.54) is 12.1 Å². The highest BCUT2D eigenvalue weighted by molar-refractivity contribution is 5.25. The molecule has 0 amide bonds. The van der Waals surface area contributed by atoms with E-state index in [4.69, 9.17) is 9.47 Å². The summed E-state index contributed by atoms with van der Waals surface area (Å²) in [5.74, 6) is -0.320. The first-order valence-corrected chi connectivity index (χ1v) is 5.65. The van der Waals surface area contributed by atoms with E-state index >= 15 is 0 Å². The molecule has 0 fully saturated rings. The van der Waals surface area contributed by atoms with Gasteiger partial charge in [0.15, 0.2) is 0 Å². The number of rotatable bonds is 7. The van der Waals surface area contributed by atoms with Gasteiger partial charge in [-0.05, 0) is 30.2 Å². The lowest BCUT2D eigenvalue weighted by atomic mass is 10.0. The van der Waals surface area contributed by atoms with Gasteiger partial charge >= 0.3 is 0 Å². The lowest BCUT2D eigenvalue weighted by molar-refractivity contribution is 0.0475. The van der Waals surface area contributed by atoms with Crippen LogP contribution < -0.4 is 0 Å². The van der Waals surface area contributed by atoms with Crippen molar-refractivity contribution in [2.45, 2.75) is 19.4 Å². The number of aliphatic hydroxyl groups is 1. The van der Waals surface area contributed by atoms with Crippen molar-refractivity contribution < 1.29 is 19.0 Å². The fraction of sp³-hybridized carbons (Fsp3) is 0.538. The van der Waals surface area contributed by atoms with Crippen molar-refractivity contribution in [1.29, 1.82) is 0 Å². The summed E-state index contributed by atoms with van der Waals surface area (Å²) in [4.78, 5) is 0. The number of halogens is 1. The first kappa shape index (κ1) is 14.1. The Kier molecular flexibility index (Phi) is 6.11. The van der Waals surface area contributed by atoms with Crippen LogP contribution in [-0.4, -0.2) is 32.0 Å². The summed E-state index contributed by atoms with van der Waals surface area (Å²) in [7, 11) is 1.60. The largest absolute Gasteiger partial charge is 0.388 e. The summed E-state index contributed by atoms with van der Waals surface area (Å²) in [5, 5.41) is 9.85. The average Bonchev–Trinajstić information content (AvgIpc) is 2.27. The first-order chi connectivity index (χ1) is 8.13. The minimum atomic E-state index is -0.688. The van der Waals surface area contributed by atoms with Crippen LogP contribution in [0.3, 0.4) is 0 Å². The van der Waals surface area contributed by atoms with Crippen LogP contribution >= 0.6 is 0 Å². The quantitative estimate of drug-likeness (QED) is 0.745. The molecular weight excluding hydrogens is 223 g/mol. The second-order valence-corrected chi connectivity index (χ2v) is 3.97. The molecule has 1 aromatic carbocycles. The zero-order chi connectivity index (χ0) is 12.7. The van der Waals surface area contributed by atoms with E-state index in [0.717, 1.165) is 5.56 Å². The van der Waals surface area contributed by atoms with Gasteiger partial charge in [0.05, 0.1) is 19.3 Å². The molecule has 0 bridgehead atoms. The topological polar surface area (TPSA) is 38.7 Å². The molecule has 0 spiro atoms. The molecule has 1 rings (SSSR count). The zero-order valence-electron chi connectivity index (χ0n) is 10.3. The summed E-state index contributed by atoms with van der Waals surface area (Å²) in [5.41, 5.74) is 1.40. The lowest BCUT2D eigenvalue weighted by Gasteiger charge is -2.12. The van der Waals surface area contributed by atoms with Gasteiger partial charge in [0, 0.05) is 20.1 Å². The van der Waals surface area contributed by atoms with E-state index in [9.17, 15) is 9.50 Å². The second-order valence-electron chi connectivity index (χ2n) is 3.97. The Morgan fingerprint density at radius 2 is 2.00 bits per heavy atom. The molecule has 0 aliphatic carbocycles. The number of benzene rings is 1. The van der Waals surface area contributed by atoms with Crippen LogP contribution in [0.1, 0.15) is 23.7 Å². The molecule has 4 heteroatoms.